The molecule has 1 N–H and O–H groups in total. The van der Waals surface area contributed by atoms with Crippen LogP contribution in [0.2, 0.25) is 5.02 Å². The third kappa shape index (κ3) is 2.07. The highest BCUT2D eigenvalue weighted by Gasteiger charge is 2.29. The number of nitrogens with zero attached hydrogens (tertiary/aromatic N) is 2. The summed E-state index contributed by atoms with van der Waals surface area (Å²) in [6, 6.07) is 9.84. The van der Waals surface area contributed by atoms with Gasteiger partial charge < -0.3 is 9.67 Å². The first kappa shape index (κ1) is 12.7. The van der Waals surface area contributed by atoms with Gasteiger partial charge in [-0.2, -0.15) is 0 Å². The van der Waals surface area contributed by atoms with Gasteiger partial charge in [-0.15, -0.1) is 0 Å². The molecule has 0 amide bonds. The van der Waals surface area contributed by atoms with Crippen LogP contribution in [0.15, 0.2) is 36.4 Å². The Kier molecular flexibility index (Phi) is 2.69. The fourth-order valence-corrected chi connectivity index (χ4v) is 2.82. The first-order valence-corrected chi connectivity index (χ1v) is 7.17. The lowest BCUT2D eigenvalue weighted by atomic mass is 10.2. The van der Waals surface area contributed by atoms with E-state index in [1.54, 1.807) is 18.2 Å². The van der Waals surface area contributed by atoms with Gasteiger partial charge in [-0.25, -0.2) is 9.37 Å². The van der Waals surface area contributed by atoms with Gasteiger partial charge in [-0.05, 0) is 49.2 Å². The number of aromatic nitrogens is 2. The number of fused-ring (bicyclic) bond motifs is 1. The fourth-order valence-electron chi connectivity index (χ4n) is 2.65. The van der Waals surface area contributed by atoms with Crippen LogP contribution in [0.3, 0.4) is 0 Å². The molecule has 5 heteroatoms. The summed E-state index contributed by atoms with van der Waals surface area (Å²) in [5.41, 5.74) is 2.11. The van der Waals surface area contributed by atoms with Crippen molar-refractivity contribution in [2.45, 2.75) is 18.9 Å². The van der Waals surface area contributed by atoms with Crippen molar-refractivity contribution in [1.29, 1.82) is 0 Å². The average Bonchev–Trinajstić information content (AvgIpc) is 3.20. The number of hydrogen-bond donors (Lipinski definition) is 1. The largest absolute Gasteiger partial charge is 0.507 e. The summed E-state index contributed by atoms with van der Waals surface area (Å²) >= 11 is 5.88. The second-order valence-electron chi connectivity index (χ2n) is 5.33. The number of phenolic OH excluding ortho intramolecular Hbond substituents is 1. The maximum Gasteiger partial charge on any atom is 0.145 e. The Balaban J connectivity index is 2.01. The molecular weight excluding hydrogens is 291 g/mol. The van der Waals surface area contributed by atoms with Crippen LogP contribution in [0.5, 0.6) is 5.75 Å². The second kappa shape index (κ2) is 4.46. The summed E-state index contributed by atoms with van der Waals surface area (Å²) in [4.78, 5) is 4.57. The molecule has 0 saturated heterocycles. The fraction of sp³-hybridized carbons (Fsp3) is 0.188. The van der Waals surface area contributed by atoms with Crippen molar-refractivity contribution >= 4 is 22.6 Å². The van der Waals surface area contributed by atoms with Gasteiger partial charge >= 0.3 is 0 Å². The number of imidazole rings is 1. The topological polar surface area (TPSA) is 38.1 Å². The van der Waals surface area contributed by atoms with Crippen molar-refractivity contribution in [3.63, 3.8) is 0 Å². The van der Waals surface area contributed by atoms with Gasteiger partial charge in [0.1, 0.15) is 17.4 Å². The zero-order valence-electron chi connectivity index (χ0n) is 11.1. The molecule has 1 aromatic heterocycles. The van der Waals surface area contributed by atoms with E-state index in [-0.39, 0.29) is 11.6 Å². The van der Waals surface area contributed by atoms with Crippen molar-refractivity contribution in [3.05, 3.63) is 47.2 Å². The van der Waals surface area contributed by atoms with Gasteiger partial charge in [0, 0.05) is 11.1 Å². The molecule has 1 aliphatic carbocycles. The van der Waals surface area contributed by atoms with Gasteiger partial charge in [0.05, 0.1) is 16.6 Å². The van der Waals surface area contributed by atoms with Crippen molar-refractivity contribution in [2.24, 2.45) is 0 Å². The van der Waals surface area contributed by atoms with Crippen LogP contribution in [-0.4, -0.2) is 14.7 Å². The van der Waals surface area contributed by atoms with Crippen LogP contribution < -0.4 is 0 Å². The van der Waals surface area contributed by atoms with Crippen molar-refractivity contribution in [3.8, 4) is 17.1 Å². The Bertz CT molecular complexity index is 855. The molecule has 0 radical (unpaired) electrons. The van der Waals surface area contributed by atoms with Crippen LogP contribution in [0, 0.1) is 5.82 Å². The molecule has 1 fully saturated rings. The van der Waals surface area contributed by atoms with Gasteiger partial charge in [0.2, 0.25) is 0 Å². The van der Waals surface area contributed by atoms with Crippen molar-refractivity contribution < 1.29 is 9.50 Å². The molecule has 4 rings (SSSR count). The zero-order valence-corrected chi connectivity index (χ0v) is 11.8. The molecule has 0 spiro atoms. The quantitative estimate of drug-likeness (QED) is 0.755. The van der Waals surface area contributed by atoms with E-state index >= 15 is 0 Å². The lowest BCUT2D eigenvalue weighted by Crippen LogP contribution is -1.97. The summed E-state index contributed by atoms with van der Waals surface area (Å²) in [6.45, 7) is 0. The Hall–Kier alpha value is -2.07. The van der Waals surface area contributed by atoms with E-state index < -0.39 is 0 Å². The number of rotatable bonds is 2. The van der Waals surface area contributed by atoms with E-state index in [2.05, 4.69) is 4.98 Å². The molecule has 1 aliphatic rings. The van der Waals surface area contributed by atoms with E-state index in [1.807, 2.05) is 4.57 Å². The predicted octanol–water partition coefficient (Wildman–Crippen LogP) is 4.54. The summed E-state index contributed by atoms with van der Waals surface area (Å²) < 4.78 is 15.6. The molecule has 0 atom stereocenters. The highest BCUT2D eigenvalue weighted by atomic mass is 35.5. The third-order valence-electron chi connectivity index (χ3n) is 3.76. The molecule has 0 aliphatic heterocycles. The number of benzene rings is 2. The summed E-state index contributed by atoms with van der Waals surface area (Å²) in [5, 5.41) is 10.6. The molecule has 21 heavy (non-hydrogen) atoms. The van der Waals surface area contributed by atoms with Gasteiger partial charge in [-0.1, -0.05) is 11.6 Å². The van der Waals surface area contributed by atoms with E-state index in [4.69, 9.17) is 11.6 Å². The standard InChI is InChI=1S/C16H12ClFN2O/c17-9-1-5-12(15(21)7-9)16-19-13-6-2-10(18)8-14(13)20(16)11-3-4-11/h1-2,5-8,11,21H,3-4H2. The lowest BCUT2D eigenvalue weighted by Gasteiger charge is -2.09. The molecule has 106 valence electrons. The van der Waals surface area contributed by atoms with Crippen LogP contribution in [0.1, 0.15) is 18.9 Å². The van der Waals surface area contributed by atoms with Crippen molar-refractivity contribution in [2.75, 3.05) is 0 Å². The maximum atomic E-state index is 13.5. The SMILES string of the molecule is Oc1cc(Cl)ccc1-c1nc2ccc(F)cc2n1C1CC1. The maximum absolute atomic E-state index is 13.5. The molecule has 3 aromatic rings. The van der Waals surface area contributed by atoms with Crippen molar-refractivity contribution in [1.82, 2.24) is 9.55 Å². The van der Waals surface area contributed by atoms with Gasteiger partial charge in [0.25, 0.3) is 0 Å². The van der Waals surface area contributed by atoms with Gasteiger partial charge in [0.15, 0.2) is 0 Å². The smallest absolute Gasteiger partial charge is 0.145 e. The monoisotopic (exact) mass is 302 g/mol. The molecular formula is C16H12ClFN2O. The van der Waals surface area contributed by atoms with E-state index in [9.17, 15) is 9.50 Å². The molecule has 0 bridgehead atoms. The second-order valence-corrected chi connectivity index (χ2v) is 5.77. The highest BCUT2D eigenvalue weighted by molar-refractivity contribution is 6.30. The third-order valence-corrected chi connectivity index (χ3v) is 4.00. The highest BCUT2D eigenvalue weighted by Crippen LogP contribution is 2.43. The van der Waals surface area contributed by atoms with Gasteiger partial charge in [-0.3, -0.25) is 0 Å². The first-order chi connectivity index (χ1) is 10.1. The summed E-state index contributed by atoms with van der Waals surface area (Å²) in [6.07, 6.45) is 2.09. The number of hydrogen-bond acceptors (Lipinski definition) is 2. The Morgan fingerprint density at radius 2 is 2.00 bits per heavy atom. The Morgan fingerprint density at radius 3 is 2.71 bits per heavy atom. The van der Waals surface area contributed by atoms with Crippen LogP contribution in [0.25, 0.3) is 22.4 Å². The van der Waals surface area contributed by atoms with E-state index in [0.717, 1.165) is 23.9 Å². The summed E-state index contributed by atoms with van der Waals surface area (Å²) in [5.74, 6) is 0.462. The molecule has 2 aromatic carbocycles. The minimum absolute atomic E-state index is 0.0835. The molecule has 1 saturated carbocycles. The van der Waals surface area contributed by atoms with Crippen LogP contribution in [0.4, 0.5) is 4.39 Å². The minimum Gasteiger partial charge on any atom is -0.507 e. The minimum atomic E-state index is -0.281. The number of phenols is 1. The van der Waals surface area contributed by atoms with Crippen LogP contribution in [-0.2, 0) is 0 Å². The summed E-state index contributed by atoms with van der Waals surface area (Å²) in [7, 11) is 0. The Labute approximate surface area is 125 Å². The van der Waals surface area contributed by atoms with E-state index in [1.165, 1.54) is 18.2 Å². The van der Waals surface area contributed by atoms with E-state index in [0.29, 0.717) is 22.5 Å². The molecule has 0 unspecified atom stereocenters. The average molecular weight is 303 g/mol. The first-order valence-electron chi connectivity index (χ1n) is 6.80. The lowest BCUT2D eigenvalue weighted by molar-refractivity contribution is 0.476. The molecule has 1 heterocycles. The normalized spacial score (nSPS) is 14.8. The predicted molar refractivity (Wildman–Crippen MR) is 80.1 cm³/mol. The molecule has 3 nitrogen and oxygen atoms in total. The number of halogens is 2. The van der Waals surface area contributed by atoms with Crippen LogP contribution >= 0.6 is 11.6 Å². The Morgan fingerprint density at radius 1 is 1.19 bits per heavy atom. The number of aromatic hydroxyl groups is 1. The zero-order chi connectivity index (χ0) is 14.6.